The largest absolute Gasteiger partial charge is 0.478 e. The number of carboxylic acid groups (broad SMARTS) is 1. The van der Waals surface area contributed by atoms with Gasteiger partial charge in [-0.2, -0.15) is 4.37 Å². The Kier molecular flexibility index (Phi) is 4.23. The molecule has 1 atom stereocenters. The van der Waals surface area contributed by atoms with Crippen LogP contribution < -0.4 is 5.32 Å². The average Bonchev–Trinajstić information content (AvgIpc) is 2.71. The lowest BCUT2D eigenvalue weighted by Crippen LogP contribution is -2.27. The van der Waals surface area contributed by atoms with Crippen LogP contribution in [0, 0.1) is 6.92 Å². The molecule has 1 fully saturated rings. The average molecular weight is 286 g/mol. The van der Waals surface area contributed by atoms with Gasteiger partial charge in [-0.25, -0.2) is 4.79 Å². The lowest BCUT2D eigenvalue weighted by atomic mass is 10.2. The maximum atomic E-state index is 12.0. The number of carboxylic acids is 1. The molecule has 0 aromatic carbocycles. The summed E-state index contributed by atoms with van der Waals surface area (Å²) >= 11 is 2.66. The number of nitrogens with one attached hydrogen (secondary N) is 1. The third kappa shape index (κ3) is 2.84. The molecule has 2 heterocycles. The van der Waals surface area contributed by atoms with Gasteiger partial charge in [0, 0.05) is 0 Å². The molecule has 18 heavy (non-hydrogen) atoms. The van der Waals surface area contributed by atoms with Gasteiger partial charge in [0.2, 0.25) is 5.91 Å². The Bertz CT molecular complexity index is 467. The van der Waals surface area contributed by atoms with E-state index in [4.69, 9.17) is 5.11 Å². The van der Waals surface area contributed by atoms with E-state index in [-0.39, 0.29) is 16.7 Å². The first-order chi connectivity index (χ1) is 8.59. The molecule has 5 nitrogen and oxygen atoms in total. The first kappa shape index (κ1) is 13.4. The highest BCUT2D eigenvalue weighted by Crippen LogP contribution is 2.29. The van der Waals surface area contributed by atoms with Crippen molar-refractivity contribution in [2.75, 3.05) is 11.1 Å². The maximum Gasteiger partial charge on any atom is 0.340 e. The second-order valence-corrected chi connectivity index (χ2v) is 6.21. The van der Waals surface area contributed by atoms with E-state index in [1.807, 2.05) is 0 Å². The minimum absolute atomic E-state index is 0.0669. The van der Waals surface area contributed by atoms with Gasteiger partial charge < -0.3 is 10.4 Å². The molecule has 2 N–H and O–H groups in total. The van der Waals surface area contributed by atoms with Gasteiger partial charge in [0.15, 0.2) is 0 Å². The monoisotopic (exact) mass is 286 g/mol. The summed E-state index contributed by atoms with van der Waals surface area (Å²) in [7, 11) is 0. The zero-order valence-corrected chi connectivity index (χ0v) is 11.6. The number of carbonyl (C=O) groups is 2. The van der Waals surface area contributed by atoms with Crippen LogP contribution in [0.15, 0.2) is 0 Å². The molecule has 98 valence electrons. The molecule has 7 heteroatoms. The van der Waals surface area contributed by atoms with E-state index in [0.717, 1.165) is 36.5 Å². The predicted molar refractivity (Wildman–Crippen MR) is 72.5 cm³/mol. The summed E-state index contributed by atoms with van der Waals surface area (Å²) in [6.45, 7) is 1.63. The predicted octanol–water partition coefficient (Wildman–Crippen LogP) is 2.37. The number of carbonyl (C=O) groups excluding carboxylic acids is 1. The zero-order chi connectivity index (χ0) is 13.1. The number of aromatic carboxylic acids is 1. The molecule has 1 aliphatic rings. The number of amides is 1. The van der Waals surface area contributed by atoms with Crippen LogP contribution in [-0.2, 0) is 4.79 Å². The van der Waals surface area contributed by atoms with Gasteiger partial charge in [0.05, 0.1) is 10.9 Å². The normalized spacial score (nSPS) is 19.5. The second kappa shape index (κ2) is 5.71. The Morgan fingerprint density at radius 1 is 1.44 bits per heavy atom. The van der Waals surface area contributed by atoms with Gasteiger partial charge in [-0.1, -0.05) is 6.42 Å². The van der Waals surface area contributed by atoms with Crippen LogP contribution in [0.1, 0.15) is 35.3 Å². The molecule has 1 aromatic heterocycles. The Hall–Kier alpha value is -1.08. The van der Waals surface area contributed by atoms with Gasteiger partial charge >= 0.3 is 5.97 Å². The number of hydrogen-bond donors (Lipinski definition) is 2. The number of rotatable bonds is 3. The van der Waals surface area contributed by atoms with Crippen molar-refractivity contribution in [3.8, 4) is 0 Å². The van der Waals surface area contributed by atoms with Crippen molar-refractivity contribution >= 4 is 40.2 Å². The first-order valence-corrected chi connectivity index (χ1v) is 7.54. The molecular formula is C11H14N2O3S2. The highest BCUT2D eigenvalue weighted by atomic mass is 32.2. The minimum atomic E-state index is -1.05. The summed E-state index contributed by atoms with van der Waals surface area (Å²) in [5, 5.41) is 12.0. The van der Waals surface area contributed by atoms with E-state index in [1.54, 1.807) is 18.7 Å². The molecule has 0 spiro atoms. The van der Waals surface area contributed by atoms with E-state index in [0.29, 0.717) is 10.7 Å². The van der Waals surface area contributed by atoms with Crippen molar-refractivity contribution in [2.24, 2.45) is 0 Å². The summed E-state index contributed by atoms with van der Waals surface area (Å²) < 4.78 is 3.98. The minimum Gasteiger partial charge on any atom is -0.478 e. The molecule has 0 radical (unpaired) electrons. The van der Waals surface area contributed by atoms with E-state index in [2.05, 4.69) is 9.69 Å². The van der Waals surface area contributed by atoms with Crippen molar-refractivity contribution in [1.29, 1.82) is 0 Å². The number of hydrogen-bond acceptors (Lipinski definition) is 5. The summed E-state index contributed by atoms with van der Waals surface area (Å²) in [5.41, 5.74) is 0.549. The van der Waals surface area contributed by atoms with Crippen LogP contribution in [0.25, 0.3) is 0 Å². The summed E-state index contributed by atoms with van der Waals surface area (Å²) in [6.07, 6.45) is 3.06. The number of aromatic nitrogens is 1. The summed E-state index contributed by atoms with van der Waals surface area (Å²) in [6, 6.07) is 0. The molecule has 1 unspecified atom stereocenters. The van der Waals surface area contributed by atoms with Crippen LogP contribution in [0.5, 0.6) is 0 Å². The van der Waals surface area contributed by atoms with Crippen molar-refractivity contribution in [3.05, 3.63) is 11.3 Å². The van der Waals surface area contributed by atoms with Crippen LogP contribution in [0.4, 0.5) is 5.00 Å². The standard InChI is InChI=1S/C11H14N2O3S2/c1-6-8(11(15)16)10(18-13-6)12-9(14)7-4-2-3-5-17-7/h7H,2-5H2,1H3,(H,12,14)(H,15,16). The Morgan fingerprint density at radius 3 is 2.83 bits per heavy atom. The number of thioether (sulfide) groups is 1. The molecule has 0 bridgehead atoms. The Labute approximate surface area is 113 Å². The third-order valence-corrected chi connectivity index (χ3v) is 5.02. The first-order valence-electron chi connectivity index (χ1n) is 5.71. The van der Waals surface area contributed by atoms with Crippen molar-refractivity contribution < 1.29 is 14.7 Å². The highest BCUT2D eigenvalue weighted by Gasteiger charge is 2.25. The van der Waals surface area contributed by atoms with E-state index in [1.165, 1.54) is 0 Å². The number of anilines is 1. The molecule has 1 saturated heterocycles. The van der Waals surface area contributed by atoms with Crippen LogP contribution in [-0.4, -0.2) is 32.4 Å². The van der Waals surface area contributed by atoms with Gasteiger partial charge in [0.1, 0.15) is 10.6 Å². The van der Waals surface area contributed by atoms with Crippen LogP contribution >= 0.6 is 23.3 Å². The quantitative estimate of drug-likeness (QED) is 0.891. The molecular weight excluding hydrogens is 272 g/mol. The topological polar surface area (TPSA) is 79.3 Å². The van der Waals surface area contributed by atoms with Crippen molar-refractivity contribution in [3.63, 3.8) is 0 Å². The SMILES string of the molecule is Cc1nsc(NC(=O)C2CCCCS2)c1C(=O)O. The lowest BCUT2D eigenvalue weighted by Gasteiger charge is -2.19. The number of aryl methyl sites for hydroxylation is 1. The van der Waals surface area contributed by atoms with E-state index >= 15 is 0 Å². The van der Waals surface area contributed by atoms with Crippen molar-refractivity contribution in [2.45, 2.75) is 31.4 Å². The van der Waals surface area contributed by atoms with E-state index in [9.17, 15) is 9.59 Å². The van der Waals surface area contributed by atoms with Gasteiger partial charge in [-0.15, -0.1) is 11.8 Å². The summed E-state index contributed by atoms with van der Waals surface area (Å²) in [4.78, 5) is 23.1. The molecule has 1 aromatic rings. The molecule has 1 aliphatic heterocycles. The van der Waals surface area contributed by atoms with Gasteiger partial charge in [-0.3, -0.25) is 4.79 Å². The van der Waals surface area contributed by atoms with Gasteiger partial charge in [-0.05, 0) is 37.1 Å². The van der Waals surface area contributed by atoms with Crippen molar-refractivity contribution in [1.82, 2.24) is 4.37 Å². The second-order valence-electron chi connectivity index (χ2n) is 4.12. The highest BCUT2D eigenvalue weighted by molar-refractivity contribution is 8.00. The molecule has 1 amide bonds. The molecule has 0 aliphatic carbocycles. The Balaban J connectivity index is 2.09. The van der Waals surface area contributed by atoms with Crippen LogP contribution in [0.2, 0.25) is 0 Å². The maximum absolute atomic E-state index is 12.0. The molecule has 0 saturated carbocycles. The van der Waals surface area contributed by atoms with Gasteiger partial charge in [0.25, 0.3) is 0 Å². The molecule has 2 rings (SSSR count). The fourth-order valence-corrected chi connectivity index (χ4v) is 3.84. The summed E-state index contributed by atoms with van der Waals surface area (Å²) in [5.74, 6) is -0.162. The smallest absolute Gasteiger partial charge is 0.340 e. The fourth-order valence-electron chi connectivity index (χ4n) is 1.85. The zero-order valence-electron chi connectivity index (χ0n) is 9.93. The third-order valence-electron chi connectivity index (χ3n) is 2.79. The van der Waals surface area contributed by atoms with Crippen LogP contribution in [0.3, 0.4) is 0 Å². The lowest BCUT2D eigenvalue weighted by molar-refractivity contribution is -0.115. The van der Waals surface area contributed by atoms with E-state index < -0.39 is 5.97 Å². The Morgan fingerprint density at radius 2 is 2.22 bits per heavy atom. The fraction of sp³-hybridized carbons (Fsp3) is 0.545. The number of nitrogens with zero attached hydrogens (tertiary/aromatic N) is 1.